The van der Waals surface area contributed by atoms with Crippen molar-refractivity contribution in [3.8, 4) is 5.75 Å². The van der Waals surface area contributed by atoms with Gasteiger partial charge < -0.3 is 15.2 Å². The predicted molar refractivity (Wildman–Crippen MR) is 79.9 cm³/mol. The molecule has 1 aromatic carbocycles. The van der Waals surface area contributed by atoms with Gasteiger partial charge in [0.1, 0.15) is 5.75 Å². The Labute approximate surface area is 117 Å². The third kappa shape index (κ3) is 5.21. The molecule has 0 aromatic heterocycles. The van der Waals surface area contributed by atoms with Crippen LogP contribution in [0.3, 0.4) is 0 Å². The van der Waals surface area contributed by atoms with Gasteiger partial charge in [0.25, 0.3) is 0 Å². The molecule has 2 N–H and O–H groups in total. The van der Waals surface area contributed by atoms with Gasteiger partial charge in [0.05, 0.1) is 13.2 Å². The van der Waals surface area contributed by atoms with E-state index in [0.29, 0.717) is 12.6 Å². The highest BCUT2D eigenvalue weighted by molar-refractivity contribution is 5.41. The Morgan fingerprint density at radius 2 is 1.89 bits per heavy atom. The zero-order chi connectivity index (χ0) is 14.4. The van der Waals surface area contributed by atoms with Gasteiger partial charge in [0.2, 0.25) is 0 Å². The second-order valence-corrected chi connectivity index (χ2v) is 5.54. The normalized spacial score (nSPS) is 12.8. The van der Waals surface area contributed by atoms with E-state index >= 15 is 0 Å². The molecule has 3 nitrogen and oxygen atoms in total. The van der Waals surface area contributed by atoms with Crippen LogP contribution in [0.2, 0.25) is 0 Å². The molecule has 0 amide bonds. The largest absolute Gasteiger partial charge is 0.493 e. The molecule has 0 radical (unpaired) electrons. The molecule has 0 fully saturated rings. The fraction of sp³-hybridized carbons (Fsp3) is 0.625. The SMILES string of the molecule is Cc1cc(C)c(C)c(OCCC(CO)NC(C)C)c1. The number of hydrogen-bond donors (Lipinski definition) is 2. The first-order valence-corrected chi connectivity index (χ1v) is 7.01. The van der Waals surface area contributed by atoms with E-state index < -0.39 is 0 Å². The Balaban J connectivity index is 2.53. The van der Waals surface area contributed by atoms with Gasteiger partial charge >= 0.3 is 0 Å². The summed E-state index contributed by atoms with van der Waals surface area (Å²) in [6, 6.07) is 4.72. The fourth-order valence-electron chi connectivity index (χ4n) is 2.16. The average Bonchev–Trinajstić information content (AvgIpc) is 2.33. The molecule has 0 saturated heterocycles. The molecule has 108 valence electrons. The van der Waals surface area contributed by atoms with Crippen LogP contribution in [0, 0.1) is 20.8 Å². The summed E-state index contributed by atoms with van der Waals surface area (Å²) in [5, 5.41) is 12.6. The summed E-state index contributed by atoms with van der Waals surface area (Å²) in [6.07, 6.45) is 0.807. The third-order valence-electron chi connectivity index (χ3n) is 3.28. The minimum absolute atomic E-state index is 0.103. The van der Waals surface area contributed by atoms with Gasteiger partial charge in [-0.25, -0.2) is 0 Å². The van der Waals surface area contributed by atoms with Crippen molar-refractivity contribution in [2.24, 2.45) is 0 Å². The van der Waals surface area contributed by atoms with Gasteiger partial charge in [-0.15, -0.1) is 0 Å². The van der Waals surface area contributed by atoms with Crippen LogP contribution in [-0.2, 0) is 0 Å². The van der Waals surface area contributed by atoms with Crippen LogP contribution >= 0.6 is 0 Å². The highest BCUT2D eigenvalue weighted by atomic mass is 16.5. The first kappa shape index (κ1) is 16.0. The molecule has 0 bridgehead atoms. The molecule has 3 heteroatoms. The molecule has 0 heterocycles. The van der Waals surface area contributed by atoms with E-state index in [4.69, 9.17) is 4.74 Å². The maximum Gasteiger partial charge on any atom is 0.122 e. The van der Waals surface area contributed by atoms with E-state index in [1.165, 1.54) is 16.7 Å². The van der Waals surface area contributed by atoms with Gasteiger partial charge in [-0.1, -0.05) is 19.9 Å². The molecular formula is C16H27NO2. The molecule has 0 aliphatic rings. The zero-order valence-corrected chi connectivity index (χ0v) is 12.8. The second-order valence-electron chi connectivity index (χ2n) is 5.54. The monoisotopic (exact) mass is 265 g/mol. The van der Waals surface area contributed by atoms with Gasteiger partial charge in [-0.2, -0.15) is 0 Å². The van der Waals surface area contributed by atoms with Gasteiger partial charge in [-0.3, -0.25) is 0 Å². The van der Waals surface area contributed by atoms with Crippen LogP contribution in [0.4, 0.5) is 0 Å². The van der Waals surface area contributed by atoms with E-state index in [-0.39, 0.29) is 12.6 Å². The third-order valence-corrected chi connectivity index (χ3v) is 3.28. The highest BCUT2D eigenvalue weighted by Gasteiger charge is 2.10. The molecule has 0 spiro atoms. The van der Waals surface area contributed by atoms with Crippen LogP contribution < -0.4 is 10.1 Å². The topological polar surface area (TPSA) is 41.5 Å². The maximum absolute atomic E-state index is 9.30. The lowest BCUT2D eigenvalue weighted by Gasteiger charge is -2.20. The predicted octanol–water partition coefficient (Wildman–Crippen LogP) is 2.74. The molecule has 1 rings (SSSR count). The lowest BCUT2D eigenvalue weighted by atomic mass is 10.1. The Kier molecular flexibility index (Phi) is 6.32. The van der Waals surface area contributed by atoms with Crippen molar-refractivity contribution in [2.45, 2.75) is 53.1 Å². The molecule has 1 unspecified atom stereocenters. The summed E-state index contributed by atoms with van der Waals surface area (Å²) < 4.78 is 5.86. The quantitative estimate of drug-likeness (QED) is 0.796. The first-order valence-electron chi connectivity index (χ1n) is 7.01. The average molecular weight is 265 g/mol. The van der Waals surface area contributed by atoms with Crippen molar-refractivity contribution in [1.29, 1.82) is 0 Å². The molecule has 1 atom stereocenters. The number of nitrogens with one attached hydrogen (secondary N) is 1. The number of ether oxygens (including phenoxy) is 1. The smallest absolute Gasteiger partial charge is 0.122 e. The van der Waals surface area contributed by atoms with E-state index in [2.05, 4.69) is 52.1 Å². The van der Waals surface area contributed by atoms with Crippen molar-refractivity contribution >= 4 is 0 Å². The van der Waals surface area contributed by atoms with Crippen LogP contribution in [-0.4, -0.2) is 30.4 Å². The van der Waals surface area contributed by atoms with Gasteiger partial charge in [0.15, 0.2) is 0 Å². The van der Waals surface area contributed by atoms with Crippen molar-refractivity contribution in [3.63, 3.8) is 0 Å². The number of rotatable bonds is 7. The van der Waals surface area contributed by atoms with E-state index in [0.717, 1.165) is 12.2 Å². The van der Waals surface area contributed by atoms with Crippen LogP contribution in [0.25, 0.3) is 0 Å². The standard InChI is InChI=1S/C16H27NO2/c1-11(2)17-15(10-18)6-7-19-16-9-12(3)8-13(4)14(16)5/h8-9,11,15,17-18H,6-7,10H2,1-5H3. The summed E-state index contributed by atoms with van der Waals surface area (Å²) in [5.74, 6) is 0.957. The minimum Gasteiger partial charge on any atom is -0.493 e. The lowest BCUT2D eigenvalue weighted by molar-refractivity contribution is 0.202. The van der Waals surface area contributed by atoms with Crippen molar-refractivity contribution in [2.75, 3.05) is 13.2 Å². The van der Waals surface area contributed by atoms with Crippen LogP contribution in [0.15, 0.2) is 12.1 Å². The number of aliphatic hydroxyl groups excluding tert-OH is 1. The van der Waals surface area contributed by atoms with E-state index in [9.17, 15) is 5.11 Å². The lowest BCUT2D eigenvalue weighted by Crippen LogP contribution is -2.38. The Hall–Kier alpha value is -1.06. The highest BCUT2D eigenvalue weighted by Crippen LogP contribution is 2.23. The molecule has 19 heavy (non-hydrogen) atoms. The van der Waals surface area contributed by atoms with Crippen molar-refractivity contribution < 1.29 is 9.84 Å². The van der Waals surface area contributed by atoms with E-state index in [1.807, 2.05) is 0 Å². The molecule has 0 aliphatic heterocycles. The summed E-state index contributed by atoms with van der Waals surface area (Å²) in [7, 11) is 0. The summed E-state index contributed by atoms with van der Waals surface area (Å²) in [5.41, 5.74) is 3.68. The fourth-order valence-corrected chi connectivity index (χ4v) is 2.16. The minimum atomic E-state index is 0.103. The number of aliphatic hydroxyl groups is 1. The molecular weight excluding hydrogens is 238 g/mol. The summed E-state index contributed by atoms with van der Waals surface area (Å²) in [6.45, 7) is 11.2. The Bertz CT molecular complexity index is 402. The van der Waals surface area contributed by atoms with Crippen LogP contribution in [0.1, 0.15) is 37.0 Å². The van der Waals surface area contributed by atoms with Crippen LogP contribution in [0.5, 0.6) is 5.75 Å². The zero-order valence-electron chi connectivity index (χ0n) is 12.8. The van der Waals surface area contributed by atoms with E-state index in [1.54, 1.807) is 0 Å². The first-order chi connectivity index (χ1) is 8.93. The molecule has 0 saturated carbocycles. The number of aryl methyl sites for hydroxylation is 2. The number of hydrogen-bond acceptors (Lipinski definition) is 3. The van der Waals surface area contributed by atoms with Crippen molar-refractivity contribution in [1.82, 2.24) is 5.32 Å². The Morgan fingerprint density at radius 3 is 2.47 bits per heavy atom. The second kappa shape index (κ2) is 7.51. The summed E-state index contributed by atoms with van der Waals surface area (Å²) >= 11 is 0. The van der Waals surface area contributed by atoms with Gasteiger partial charge in [0, 0.05) is 12.1 Å². The van der Waals surface area contributed by atoms with Crippen molar-refractivity contribution in [3.05, 3.63) is 28.8 Å². The molecule has 0 aliphatic carbocycles. The summed E-state index contributed by atoms with van der Waals surface area (Å²) in [4.78, 5) is 0. The molecule has 1 aromatic rings. The number of benzene rings is 1. The Morgan fingerprint density at radius 1 is 1.21 bits per heavy atom. The van der Waals surface area contributed by atoms with Gasteiger partial charge in [-0.05, 0) is 49.9 Å². The maximum atomic E-state index is 9.30.